The smallest absolute Gasteiger partial charge is 0.309 e. The number of ether oxygens (including phenoxy) is 1. The number of rotatable bonds is 4. The first kappa shape index (κ1) is 24.9. The zero-order chi connectivity index (χ0) is 23.7. The number of hydrogen-bond donors (Lipinski definition) is 3. The van der Waals surface area contributed by atoms with E-state index in [1.54, 1.807) is 25.7 Å². The summed E-state index contributed by atoms with van der Waals surface area (Å²) in [6.07, 6.45) is 0.958. The van der Waals surface area contributed by atoms with E-state index in [9.17, 15) is 18.0 Å². The van der Waals surface area contributed by atoms with Crippen LogP contribution in [0.2, 0.25) is 5.02 Å². The maximum atomic E-state index is 12.5. The second-order valence-electron chi connectivity index (χ2n) is 8.43. The van der Waals surface area contributed by atoms with E-state index in [0.29, 0.717) is 6.42 Å². The minimum atomic E-state index is -3.80. The molecule has 0 radical (unpaired) electrons. The molecule has 0 aliphatic carbocycles. The summed E-state index contributed by atoms with van der Waals surface area (Å²) < 4.78 is 30.4. The van der Waals surface area contributed by atoms with Crippen molar-refractivity contribution in [2.75, 3.05) is 17.7 Å². The summed E-state index contributed by atoms with van der Waals surface area (Å²) in [4.78, 5) is 29.5. The van der Waals surface area contributed by atoms with Crippen LogP contribution in [0.1, 0.15) is 44.0 Å². The molecule has 31 heavy (non-hydrogen) atoms. The van der Waals surface area contributed by atoms with Crippen molar-refractivity contribution in [3.05, 3.63) is 22.7 Å². The summed E-state index contributed by atoms with van der Waals surface area (Å²) in [5, 5.41) is 0.00300. The molecule has 1 aromatic rings. The Morgan fingerprint density at radius 1 is 1.26 bits per heavy atom. The number of anilines is 1. The Balaban J connectivity index is 2.41. The van der Waals surface area contributed by atoms with Gasteiger partial charge in [0.2, 0.25) is 0 Å². The number of nitrogens with zero attached hydrogens (tertiary/aromatic N) is 2. The maximum absolute atomic E-state index is 12.5. The Kier molecular flexibility index (Phi) is 7.24. The lowest BCUT2D eigenvalue weighted by molar-refractivity contribution is -0.161. The standard InChI is InChI=1S/C19H28ClN5O5S/c1-19(2,3)30-17(27)10-5-6-25(14(21)9-10)15-12(20)7-11(16(26)24-18(22)23)8-13(15)31(4,28)29/h7-8,10,14H,5-6,9,21H2,1-4H3,(H4,22,23,24,26). The molecule has 0 spiro atoms. The monoisotopic (exact) mass is 473 g/mol. The van der Waals surface area contributed by atoms with E-state index in [4.69, 9.17) is 33.5 Å². The molecule has 1 aromatic carbocycles. The van der Waals surface area contributed by atoms with Crippen LogP contribution >= 0.6 is 11.6 Å². The number of hydrogen-bond acceptors (Lipinski definition) is 7. The molecule has 12 heteroatoms. The van der Waals surface area contributed by atoms with E-state index in [1.807, 2.05) is 0 Å². The first-order chi connectivity index (χ1) is 14.1. The summed E-state index contributed by atoms with van der Waals surface area (Å²) in [6, 6.07) is 2.45. The zero-order valence-electron chi connectivity index (χ0n) is 17.9. The molecule has 1 amide bonds. The number of benzene rings is 1. The lowest BCUT2D eigenvalue weighted by Gasteiger charge is -2.39. The van der Waals surface area contributed by atoms with Gasteiger partial charge in [0.05, 0.1) is 27.7 Å². The van der Waals surface area contributed by atoms with Gasteiger partial charge in [-0.25, -0.2) is 8.42 Å². The molecule has 1 aliphatic heterocycles. The topological polar surface area (TPSA) is 171 Å². The number of sulfone groups is 1. The molecule has 2 rings (SSSR count). The van der Waals surface area contributed by atoms with Crippen molar-refractivity contribution in [2.24, 2.45) is 28.1 Å². The maximum Gasteiger partial charge on any atom is 0.309 e. The molecule has 2 atom stereocenters. The molecule has 6 N–H and O–H groups in total. The fraction of sp³-hybridized carbons (Fsp3) is 0.526. The third-order valence-corrected chi connectivity index (χ3v) is 5.98. The van der Waals surface area contributed by atoms with Gasteiger partial charge in [-0.05, 0) is 45.7 Å². The molecule has 1 aliphatic rings. The van der Waals surface area contributed by atoms with E-state index in [-0.39, 0.29) is 40.1 Å². The van der Waals surface area contributed by atoms with Gasteiger partial charge in [-0.3, -0.25) is 9.59 Å². The number of aliphatic imine (C=N–C) groups is 1. The number of piperidine rings is 1. The summed E-state index contributed by atoms with van der Waals surface area (Å²) in [5.41, 5.74) is 16.2. The van der Waals surface area contributed by atoms with Crippen LogP contribution in [0.5, 0.6) is 0 Å². The minimum absolute atomic E-state index is 0.00300. The van der Waals surface area contributed by atoms with E-state index < -0.39 is 39.4 Å². The summed E-state index contributed by atoms with van der Waals surface area (Å²) in [7, 11) is -3.80. The van der Waals surface area contributed by atoms with Gasteiger partial charge in [0.1, 0.15) is 5.60 Å². The van der Waals surface area contributed by atoms with Gasteiger partial charge < -0.3 is 26.8 Å². The predicted octanol–water partition coefficient (Wildman–Crippen LogP) is 1.00. The Morgan fingerprint density at radius 3 is 2.35 bits per heavy atom. The molecule has 0 bridgehead atoms. The van der Waals surface area contributed by atoms with Gasteiger partial charge in [0.25, 0.3) is 5.91 Å². The van der Waals surface area contributed by atoms with Crippen LogP contribution in [0, 0.1) is 5.92 Å². The van der Waals surface area contributed by atoms with Crippen molar-refractivity contribution in [3.63, 3.8) is 0 Å². The Morgan fingerprint density at radius 2 is 1.87 bits per heavy atom. The fourth-order valence-electron chi connectivity index (χ4n) is 3.31. The van der Waals surface area contributed by atoms with Crippen LogP contribution in [0.25, 0.3) is 0 Å². The Labute approximate surface area is 186 Å². The highest BCUT2D eigenvalue weighted by Crippen LogP contribution is 2.38. The number of carbonyl (C=O) groups excluding carboxylic acids is 2. The number of nitrogens with two attached hydrogens (primary N) is 3. The second-order valence-corrected chi connectivity index (χ2v) is 10.8. The highest BCUT2D eigenvalue weighted by molar-refractivity contribution is 7.90. The van der Waals surface area contributed by atoms with E-state index in [0.717, 1.165) is 12.3 Å². The van der Waals surface area contributed by atoms with Gasteiger partial charge in [0.15, 0.2) is 15.8 Å². The van der Waals surface area contributed by atoms with Crippen molar-refractivity contribution >= 4 is 45.0 Å². The van der Waals surface area contributed by atoms with E-state index >= 15 is 0 Å². The highest BCUT2D eigenvalue weighted by Gasteiger charge is 2.36. The average Bonchev–Trinajstić information content (AvgIpc) is 2.58. The zero-order valence-corrected chi connectivity index (χ0v) is 19.5. The molecular weight excluding hydrogens is 446 g/mol. The number of guanidine groups is 1. The fourth-order valence-corrected chi connectivity index (χ4v) is 4.62. The lowest BCUT2D eigenvalue weighted by atomic mass is 9.93. The van der Waals surface area contributed by atoms with Gasteiger partial charge in [-0.15, -0.1) is 0 Å². The quantitative estimate of drug-likeness (QED) is 0.327. The summed E-state index contributed by atoms with van der Waals surface area (Å²) in [6.45, 7) is 5.62. The van der Waals surface area contributed by atoms with Crippen LogP contribution in [0.4, 0.5) is 5.69 Å². The molecule has 1 heterocycles. The number of amides is 1. The van der Waals surface area contributed by atoms with Crippen LogP contribution in [0.3, 0.4) is 0 Å². The van der Waals surface area contributed by atoms with Crippen molar-refractivity contribution in [1.82, 2.24) is 0 Å². The third-order valence-electron chi connectivity index (χ3n) is 4.58. The van der Waals surface area contributed by atoms with Crippen molar-refractivity contribution in [1.29, 1.82) is 0 Å². The normalized spacial score (nSPS) is 19.6. The van der Waals surface area contributed by atoms with Crippen LogP contribution in [-0.4, -0.2) is 50.8 Å². The Bertz CT molecular complexity index is 1020. The first-order valence-corrected chi connectivity index (χ1v) is 11.8. The molecule has 1 fully saturated rings. The van der Waals surface area contributed by atoms with Gasteiger partial charge in [-0.2, -0.15) is 4.99 Å². The van der Waals surface area contributed by atoms with E-state index in [2.05, 4.69) is 4.99 Å². The number of carbonyl (C=O) groups is 2. The first-order valence-electron chi connectivity index (χ1n) is 9.53. The number of halogens is 1. The molecule has 0 aromatic heterocycles. The van der Waals surface area contributed by atoms with Crippen LogP contribution in [-0.2, 0) is 19.4 Å². The van der Waals surface area contributed by atoms with Gasteiger partial charge >= 0.3 is 5.97 Å². The molecule has 2 unspecified atom stereocenters. The van der Waals surface area contributed by atoms with Crippen molar-refractivity contribution < 1.29 is 22.7 Å². The van der Waals surface area contributed by atoms with Gasteiger partial charge in [0, 0.05) is 18.4 Å². The molecule has 10 nitrogen and oxygen atoms in total. The predicted molar refractivity (Wildman–Crippen MR) is 119 cm³/mol. The summed E-state index contributed by atoms with van der Waals surface area (Å²) in [5.74, 6) is -2.06. The van der Waals surface area contributed by atoms with Crippen LogP contribution < -0.4 is 22.1 Å². The molecular formula is C19H28ClN5O5S. The van der Waals surface area contributed by atoms with Crippen molar-refractivity contribution in [3.8, 4) is 0 Å². The second kappa shape index (κ2) is 9.01. The number of esters is 1. The minimum Gasteiger partial charge on any atom is -0.460 e. The van der Waals surface area contributed by atoms with Crippen LogP contribution in [0.15, 0.2) is 22.0 Å². The summed E-state index contributed by atoms with van der Waals surface area (Å²) >= 11 is 6.39. The Hall–Kier alpha value is -2.37. The van der Waals surface area contributed by atoms with Crippen molar-refractivity contribution in [2.45, 2.75) is 50.3 Å². The lowest BCUT2D eigenvalue weighted by Crippen LogP contribution is -2.50. The third kappa shape index (κ3) is 6.31. The highest BCUT2D eigenvalue weighted by atomic mass is 35.5. The molecule has 1 saturated heterocycles. The largest absolute Gasteiger partial charge is 0.460 e. The van der Waals surface area contributed by atoms with E-state index in [1.165, 1.54) is 6.07 Å². The average molecular weight is 474 g/mol. The SMILES string of the molecule is CC(C)(C)OC(=O)C1CCN(c2c(Cl)cc(C(=O)N=C(N)N)cc2S(C)(=O)=O)C(N)C1. The molecule has 0 saturated carbocycles. The van der Waals surface area contributed by atoms with Gasteiger partial charge in [-0.1, -0.05) is 11.6 Å². The molecule has 172 valence electrons.